The zero-order valence-electron chi connectivity index (χ0n) is 27.7. The van der Waals surface area contributed by atoms with E-state index in [2.05, 4.69) is 32.0 Å². The molecule has 5 rings (SSSR count). The SMILES string of the molecule is CCCN(Cc1nc(-c2ccc(C#Cc3ccc4nc([C@@H]5CCCN5C(=O)OC(C)(C)C)[nH]c4c3)cc2)n[nH]1)C(=O)OC(C)(C)C. The highest BCUT2D eigenvalue weighted by Crippen LogP contribution is 2.33. The molecule has 11 nitrogen and oxygen atoms in total. The van der Waals surface area contributed by atoms with Crippen molar-refractivity contribution in [1.29, 1.82) is 0 Å². The topological polar surface area (TPSA) is 129 Å². The van der Waals surface area contributed by atoms with Crippen LogP contribution in [0.1, 0.15) is 96.5 Å². The lowest BCUT2D eigenvalue weighted by atomic mass is 10.1. The fourth-order valence-electron chi connectivity index (χ4n) is 5.21. The first-order valence-corrected chi connectivity index (χ1v) is 15.8. The van der Waals surface area contributed by atoms with Gasteiger partial charge < -0.3 is 19.4 Å². The van der Waals surface area contributed by atoms with E-state index < -0.39 is 11.2 Å². The van der Waals surface area contributed by atoms with Crippen molar-refractivity contribution in [2.45, 2.75) is 91.5 Å². The number of aromatic nitrogens is 5. The molecule has 0 spiro atoms. The van der Waals surface area contributed by atoms with Crippen molar-refractivity contribution in [2.24, 2.45) is 0 Å². The number of fused-ring (bicyclic) bond motifs is 1. The number of ether oxygens (including phenoxy) is 2. The Hall–Kier alpha value is -4.85. The summed E-state index contributed by atoms with van der Waals surface area (Å²) >= 11 is 0. The van der Waals surface area contributed by atoms with E-state index in [1.165, 1.54) is 0 Å². The van der Waals surface area contributed by atoms with Crippen LogP contribution in [0.4, 0.5) is 9.59 Å². The Kier molecular flexibility index (Phi) is 9.37. The molecule has 2 aromatic heterocycles. The van der Waals surface area contributed by atoms with E-state index in [0.717, 1.165) is 52.8 Å². The number of nitrogens with one attached hydrogen (secondary N) is 2. The summed E-state index contributed by atoms with van der Waals surface area (Å²) < 4.78 is 11.2. The Morgan fingerprint density at radius 3 is 2.37 bits per heavy atom. The van der Waals surface area contributed by atoms with Gasteiger partial charge in [-0.2, -0.15) is 5.10 Å². The summed E-state index contributed by atoms with van der Waals surface area (Å²) in [6, 6.07) is 13.4. The third kappa shape index (κ3) is 8.24. The molecular formula is C35H43N7O4. The molecule has 2 aromatic carbocycles. The number of nitrogens with zero attached hydrogens (tertiary/aromatic N) is 5. The maximum absolute atomic E-state index is 12.8. The van der Waals surface area contributed by atoms with Gasteiger partial charge in [-0.05, 0) is 103 Å². The van der Waals surface area contributed by atoms with Gasteiger partial charge in [0.05, 0.1) is 23.6 Å². The van der Waals surface area contributed by atoms with Crippen LogP contribution in [0.5, 0.6) is 0 Å². The van der Waals surface area contributed by atoms with Crippen molar-refractivity contribution in [2.75, 3.05) is 13.1 Å². The van der Waals surface area contributed by atoms with E-state index in [0.29, 0.717) is 24.7 Å². The van der Waals surface area contributed by atoms with Crippen LogP contribution in [-0.4, -0.2) is 71.4 Å². The van der Waals surface area contributed by atoms with Crippen molar-refractivity contribution in [3.05, 3.63) is 65.2 Å². The van der Waals surface area contributed by atoms with E-state index in [1.807, 2.05) is 90.9 Å². The zero-order chi connectivity index (χ0) is 33.1. The number of hydrogen-bond donors (Lipinski definition) is 2. The van der Waals surface area contributed by atoms with Crippen molar-refractivity contribution in [1.82, 2.24) is 34.9 Å². The van der Waals surface area contributed by atoms with E-state index in [9.17, 15) is 9.59 Å². The number of benzene rings is 2. The molecule has 3 heterocycles. The highest BCUT2D eigenvalue weighted by Gasteiger charge is 2.35. The van der Waals surface area contributed by atoms with Crippen LogP contribution in [0.3, 0.4) is 0 Å². The molecule has 242 valence electrons. The average Bonchev–Trinajstić information content (AvgIpc) is 3.74. The lowest BCUT2D eigenvalue weighted by Gasteiger charge is -2.27. The van der Waals surface area contributed by atoms with Crippen molar-refractivity contribution < 1.29 is 19.1 Å². The number of H-pyrrole nitrogens is 2. The molecule has 1 aliphatic heterocycles. The Labute approximate surface area is 270 Å². The zero-order valence-corrected chi connectivity index (χ0v) is 27.7. The van der Waals surface area contributed by atoms with E-state index in [4.69, 9.17) is 14.5 Å². The molecule has 1 fully saturated rings. The summed E-state index contributed by atoms with van der Waals surface area (Å²) in [4.78, 5) is 41.6. The molecular weight excluding hydrogens is 582 g/mol. The number of imidazole rings is 1. The molecule has 1 saturated heterocycles. The summed E-state index contributed by atoms with van der Waals surface area (Å²) in [5.41, 5.74) is 3.12. The third-order valence-electron chi connectivity index (χ3n) is 7.21. The van der Waals surface area contributed by atoms with Gasteiger partial charge in [0.25, 0.3) is 0 Å². The molecule has 4 aromatic rings. The minimum Gasteiger partial charge on any atom is -0.444 e. The largest absolute Gasteiger partial charge is 0.444 e. The molecule has 46 heavy (non-hydrogen) atoms. The quantitative estimate of drug-likeness (QED) is 0.222. The fourth-order valence-corrected chi connectivity index (χ4v) is 5.21. The monoisotopic (exact) mass is 625 g/mol. The second-order valence-electron chi connectivity index (χ2n) is 13.5. The van der Waals surface area contributed by atoms with Crippen LogP contribution >= 0.6 is 0 Å². The van der Waals surface area contributed by atoms with Gasteiger partial charge in [0.1, 0.15) is 22.9 Å². The summed E-state index contributed by atoms with van der Waals surface area (Å²) in [5, 5.41) is 7.31. The smallest absolute Gasteiger partial charge is 0.410 e. The Morgan fingerprint density at radius 2 is 1.67 bits per heavy atom. The molecule has 2 N–H and O–H groups in total. The molecule has 1 atom stereocenters. The summed E-state index contributed by atoms with van der Waals surface area (Å²) in [6.45, 7) is 14.7. The van der Waals surface area contributed by atoms with Gasteiger partial charge in [-0.3, -0.25) is 10.00 Å². The number of likely N-dealkylation sites (tertiary alicyclic amines) is 1. The van der Waals surface area contributed by atoms with Gasteiger partial charge in [-0.1, -0.05) is 18.8 Å². The first-order chi connectivity index (χ1) is 21.8. The highest BCUT2D eigenvalue weighted by molar-refractivity contribution is 5.77. The van der Waals surface area contributed by atoms with Gasteiger partial charge in [-0.15, -0.1) is 0 Å². The summed E-state index contributed by atoms with van der Waals surface area (Å²) in [6.07, 6.45) is 1.85. The maximum atomic E-state index is 12.8. The average molecular weight is 626 g/mol. The first-order valence-electron chi connectivity index (χ1n) is 15.8. The van der Waals surface area contributed by atoms with Crippen LogP contribution < -0.4 is 0 Å². The number of amides is 2. The minimum absolute atomic E-state index is 0.143. The highest BCUT2D eigenvalue weighted by atomic mass is 16.6. The lowest BCUT2D eigenvalue weighted by molar-refractivity contribution is 0.0212. The predicted molar refractivity (Wildman–Crippen MR) is 176 cm³/mol. The molecule has 0 aliphatic carbocycles. The lowest BCUT2D eigenvalue weighted by Crippen LogP contribution is -2.37. The number of carbonyl (C=O) groups is 2. The second kappa shape index (κ2) is 13.3. The van der Waals surface area contributed by atoms with Gasteiger partial charge in [0.15, 0.2) is 5.82 Å². The Morgan fingerprint density at radius 1 is 0.978 bits per heavy atom. The normalized spacial score (nSPS) is 15.0. The van der Waals surface area contributed by atoms with Crippen molar-refractivity contribution in [3.63, 3.8) is 0 Å². The Balaban J connectivity index is 1.24. The fraction of sp³-hybridized carbons (Fsp3) is 0.457. The van der Waals surface area contributed by atoms with Crippen LogP contribution in [-0.2, 0) is 16.0 Å². The predicted octanol–water partition coefficient (Wildman–Crippen LogP) is 6.97. The summed E-state index contributed by atoms with van der Waals surface area (Å²) in [5.74, 6) is 8.35. The molecule has 11 heteroatoms. The number of carbonyl (C=O) groups excluding carboxylic acids is 2. The molecule has 0 unspecified atom stereocenters. The van der Waals surface area contributed by atoms with Crippen LogP contribution in [0.2, 0.25) is 0 Å². The van der Waals surface area contributed by atoms with Crippen LogP contribution in [0.25, 0.3) is 22.4 Å². The summed E-state index contributed by atoms with van der Waals surface area (Å²) in [7, 11) is 0. The van der Waals surface area contributed by atoms with Crippen LogP contribution in [0.15, 0.2) is 42.5 Å². The van der Waals surface area contributed by atoms with Gasteiger partial charge in [0, 0.05) is 29.8 Å². The molecule has 0 saturated carbocycles. The van der Waals surface area contributed by atoms with E-state index in [1.54, 1.807) is 9.80 Å². The second-order valence-corrected chi connectivity index (χ2v) is 13.5. The Bertz CT molecular complexity index is 1750. The first kappa shape index (κ1) is 32.5. The van der Waals surface area contributed by atoms with Gasteiger partial charge >= 0.3 is 12.2 Å². The van der Waals surface area contributed by atoms with Crippen molar-refractivity contribution >= 4 is 23.2 Å². The van der Waals surface area contributed by atoms with E-state index >= 15 is 0 Å². The van der Waals surface area contributed by atoms with Gasteiger partial charge in [-0.25, -0.2) is 19.6 Å². The van der Waals surface area contributed by atoms with Crippen molar-refractivity contribution in [3.8, 4) is 23.2 Å². The van der Waals surface area contributed by atoms with Crippen LogP contribution in [0, 0.1) is 11.8 Å². The molecule has 0 radical (unpaired) electrons. The number of rotatable bonds is 6. The maximum Gasteiger partial charge on any atom is 0.410 e. The molecule has 2 amide bonds. The van der Waals surface area contributed by atoms with E-state index in [-0.39, 0.29) is 24.8 Å². The molecule has 0 bridgehead atoms. The molecule has 1 aliphatic rings. The van der Waals surface area contributed by atoms with Gasteiger partial charge in [0.2, 0.25) is 0 Å². The minimum atomic E-state index is -0.572. The standard InChI is InChI=1S/C35H43N7O4/c1-8-19-41(32(43)45-34(2,3)4)22-29-38-30(40-39-29)25-16-13-23(14-17-25)11-12-24-15-18-26-27(21-24)37-31(36-26)28-10-9-20-42(28)33(44)46-35(5,6)7/h13-18,21,28H,8-10,19-20,22H2,1-7H3,(H,36,37)(H,38,39,40)/t28-/m0/s1. The number of hydrogen-bond acceptors (Lipinski definition) is 7. The number of aromatic amines is 2. The third-order valence-corrected chi connectivity index (χ3v) is 7.21.